The van der Waals surface area contributed by atoms with Crippen molar-refractivity contribution in [2.24, 2.45) is 0 Å². The predicted molar refractivity (Wildman–Crippen MR) is 74.6 cm³/mol. The van der Waals surface area contributed by atoms with Gasteiger partial charge >= 0.3 is 5.97 Å². The summed E-state index contributed by atoms with van der Waals surface area (Å²) < 4.78 is 10.3. The lowest BCUT2D eigenvalue weighted by Gasteiger charge is -2.09. The third-order valence-electron chi connectivity index (χ3n) is 2.75. The number of hydrogen-bond acceptors (Lipinski definition) is 5. The van der Waals surface area contributed by atoms with Gasteiger partial charge in [0, 0.05) is 5.69 Å². The Balaban J connectivity index is 2.27. The molecule has 2 aromatic carbocycles. The SMILES string of the molecule is COC(=O)c1cc(Oc2cccc(CO)c2)ccc1N. The molecule has 0 atom stereocenters. The zero-order valence-electron chi connectivity index (χ0n) is 11.0. The number of aliphatic hydroxyl groups is 1. The van der Waals surface area contributed by atoms with Gasteiger partial charge in [-0.15, -0.1) is 0 Å². The monoisotopic (exact) mass is 273 g/mol. The third-order valence-corrected chi connectivity index (χ3v) is 2.75. The zero-order valence-corrected chi connectivity index (χ0v) is 11.0. The number of carbonyl (C=O) groups is 1. The molecule has 0 radical (unpaired) electrons. The number of benzene rings is 2. The lowest BCUT2D eigenvalue weighted by molar-refractivity contribution is 0.0601. The number of aliphatic hydroxyl groups excluding tert-OH is 1. The van der Waals surface area contributed by atoms with Crippen LogP contribution in [-0.4, -0.2) is 18.2 Å². The number of nitrogens with two attached hydrogens (primary N) is 1. The molecule has 0 aliphatic carbocycles. The normalized spacial score (nSPS) is 10.1. The number of rotatable bonds is 4. The Morgan fingerprint density at radius 1 is 1.20 bits per heavy atom. The molecular weight excluding hydrogens is 258 g/mol. The maximum atomic E-state index is 11.5. The highest BCUT2D eigenvalue weighted by Crippen LogP contribution is 2.26. The molecule has 104 valence electrons. The third kappa shape index (κ3) is 3.07. The van der Waals surface area contributed by atoms with Crippen molar-refractivity contribution in [3.05, 3.63) is 53.6 Å². The molecule has 5 nitrogen and oxygen atoms in total. The van der Waals surface area contributed by atoms with Crippen LogP contribution in [0.2, 0.25) is 0 Å². The van der Waals surface area contributed by atoms with Gasteiger partial charge < -0.3 is 20.3 Å². The van der Waals surface area contributed by atoms with Crippen molar-refractivity contribution in [2.45, 2.75) is 6.61 Å². The van der Waals surface area contributed by atoms with Crippen molar-refractivity contribution in [3.63, 3.8) is 0 Å². The van der Waals surface area contributed by atoms with E-state index in [0.717, 1.165) is 5.56 Å². The van der Waals surface area contributed by atoms with Gasteiger partial charge in [-0.25, -0.2) is 4.79 Å². The van der Waals surface area contributed by atoms with Crippen molar-refractivity contribution in [1.82, 2.24) is 0 Å². The Kier molecular flexibility index (Phi) is 4.22. The van der Waals surface area contributed by atoms with Gasteiger partial charge in [-0.1, -0.05) is 12.1 Å². The predicted octanol–water partition coefficient (Wildman–Crippen LogP) is 2.34. The summed E-state index contributed by atoms with van der Waals surface area (Å²) in [7, 11) is 1.29. The molecule has 5 heteroatoms. The summed E-state index contributed by atoms with van der Waals surface area (Å²) in [6.45, 7) is -0.0631. The molecule has 0 saturated carbocycles. The Bertz CT molecular complexity index is 625. The van der Waals surface area contributed by atoms with E-state index in [1.54, 1.807) is 36.4 Å². The van der Waals surface area contributed by atoms with E-state index in [1.807, 2.05) is 0 Å². The molecule has 0 amide bonds. The highest BCUT2D eigenvalue weighted by molar-refractivity contribution is 5.95. The maximum absolute atomic E-state index is 11.5. The smallest absolute Gasteiger partial charge is 0.340 e. The summed E-state index contributed by atoms with van der Waals surface area (Å²) in [5.74, 6) is 0.517. The quantitative estimate of drug-likeness (QED) is 0.660. The molecule has 2 rings (SSSR count). The molecule has 3 N–H and O–H groups in total. The largest absolute Gasteiger partial charge is 0.465 e. The molecule has 0 aliphatic heterocycles. The summed E-state index contributed by atoms with van der Waals surface area (Å²) in [5, 5.41) is 9.08. The van der Waals surface area contributed by atoms with Crippen LogP contribution < -0.4 is 10.5 Å². The van der Waals surface area contributed by atoms with E-state index < -0.39 is 5.97 Å². The van der Waals surface area contributed by atoms with Gasteiger partial charge in [-0.2, -0.15) is 0 Å². The molecule has 0 saturated heterocycles. The van der Waals surface area contributed by atoms with Crippen molar-refractivity contribution in [3.8, 4) is 11.5 Å². The van der Waals surface area contributed by atoms with Crippen molar-refractivity contribution in [2.75, 3.05) is 12.8 Å². The molecule has 2 aromatic rings. The first kappa shape index (κ1) is 13.9. The number of nitrogen functional groups attached to an aromatic ring is 1. The molecule has 0 fully saturated rings. The van der Waals surface area contributed by atoms with Gasteiger partial charge in [0.1, 0.15) is 11.5 Å². The van der Waals surface area contributed by atoms with Crippen LogP contribution in [0.4, 0.5) is 5.69 Å². The fourth-order valence-corrected chi connectivity index (χ4v) is 1.73. The molecule has 0 aromatic heterocycles. The minimum absolute atomic E-state index is 0.0631. The average molecular weight is 273 g/mol. The minimum Gasteiger partial charge on any atom is -0.465 e. The van der Waals surface area contributed by atoms with E-state index in [9.17, 15) is 4.79 Å². The fourth-order valence-electron chi connectivity index (χ4n) is 1.73. The number of anilines is 1. The highest BCUT2D eigenvalue weighted by Gasteiger charge is 2.11. The Hall–Kier alpha value is -2.53. The van der Waals surface area contributed by atoms with Crippen LogP contribution in [0.3, 0.4) is 0 Å². The number of ether oxygens (including phenoxy) is 2. The first-order chi connectivity index (χ1) is 9.63. The van der Waals surface area contributed by atoms with E-state index in [-0.39, 0.29) is 12.2 Å². The second-order valence-corrected chi connectivity index (χ2v) is 4.15. The Labute approximate surface area is 116 Å². The van der Waals surface area contributed by atoms with Gasteiger partial charge in [0.25, 0.3) is 0 Å². The van der Waals surface area contributed by atoms with Crippen LogP contribution in [0.5, 0.6) is 11.5 Å². The molecule has 0 spiro atoms. The summed E-state index contributed by atoms with van der Waals surface area (Å²) in [4.78, 5) is 11.5. The molecule has 0 bridgehead atoms. The van der Waals surface area contributed by atoms with E-state index in [2.05, 4.69) is 4.74 Å². The van der Waals surface area contributed by atoms with Crippen LogP contribution in [0.15, 0.2) is 42.5 Å². The van der Waals surface area contributed by atoms with Gasteiger partial charge in [-0.3, -0.25) is 0 Å². The number of methoxy groups -OCH3 is 1. The summed E-state index contributed by atoms with van der Waals surface area (Å²) in [6.07, 6.45) is 0. The van der Waals surface area contributed by atoms with Crippen molar-refractivity contribution >= 4 is 11.7 Å². The minimum atomic E-state index is -0.517. The average Bonchev–Trinajstić information content (AvgIpc) is 2.48. The number of esters is 1. The van der Waals surface area contributed by atoms with Gasteiger partial charge in [0.15, 0.2) is 0 Å². The second kappa shape index (κ2) is 6.08. The molecule has 0 heterocycles. The van der Waals surface area contributed by atoms with E-state index in [0.29, 0.717) is 17.2 Å². The van der Waals surface area contributed by atoms with Crippen LogP contribution in [0.25, 0.3) is 0 Å². The standard InChI is InChI=1S/C15H15NO4/c1-19-15(18)13-8-12(5-6-14(13)16)20-11-4-2-3-10(7-11)9-17/h2-8,17H,9,16H2,1H3. The zero-order chi connectivity index (χ0) is 14.5. The van der Waals surface area contributed by atoms with Crippen molar-refractivity contribution < 1.29 is 19.4 Å². The molecule has 0 unspecified atom stereocenters. The van der Waals surface area contributed by atoms with Gasteiger partial charge in [0.2, 0.25) is 0 Å². The summed E-state index contributed by atoms with van der Waals surface area (Å²) in [5.41, 5.74) is 7.04. The molecule has 0 aliphatic rings. The lowest BCUT2D eigenvalue weighted by atomic mass is 10.1. The van der Waals surface area contributed by atoms with Crippen LogP contribution >= 0.6 is 0 Å². The first-order valence-electron chi connectivity index (χ1n) is 5.99. The van der Waals surface area contributed by atoms with E-state index >= 15 is 0 Å². The maximum Gasteiger partial charge on any atom is 0.340 e. The Morgan fingerprint density at radius 3 is 2.65 bits per heavy atom. The first-order valence-corrected chi connectivity index (χ1v) is 5.99. The second-order valence-electron chi connectivity index (χ2n) is 4.15. The highest BCUT2D eigenvalue weighted by atomic mass is 16.5. The topological polar surface area (TPSA) is 81.8 Å². The lowest BCUT2D eigenvalue weighted by Crippen LogP contribution is -2.05. The molecular formula is C15H15NO4. The van der Waals surface area contributed by atoms with E-state index in [1.165, 1.54) is 13.2 Å². The Morgan fingerprint density at radius 2 is 1.95 bits per heavy atom. The summed E-state index contributed by atoms with van der Waals surface area (Å²) in [6, 6.07) is 11.8. The van der Waals surface area contributed by atoms with Gasteiger partial charge in [0.05, 0.1) is 19.3 Å². The number of carbonyl (C=O) groups excluding carboxylic acids is 1. The van der Waals surface area contributed by atoms with Crippen LogP contribution in [0.1, 0.15) is 15.9 Å². The van der Waals surface area contributed by atoms with Crippen LogP contribution in [0, 0.1) is 0 Å². The fraction of sp³-hybridized carbons (Fsp3) is 0.133. The van der Waals surface area contributed by atoms with Crippen LogP contribution in [-0.2, 0) is 11.3 Å². The van der Waals surface area contributed by atoms with Gasteiger partial charge in [-0.05, 0) is 35.9 Å². The summed E-state index contributed by atoms with van der Waals surface area (Å²) >= 11 is 0. The van der Waals surface area contributed by atoms with Crippen molar-refractivity contribution in [1.29, 1.82) is 0 Å². The van der Waals surface area contributed by atoms with E-state index in [4.69, 9.17) is 15.6 Å². The molecule has 20 heavy (non-hydrogen) atoms. The number of hydrogen-bond donors (Lipinski definition) is 2.